The lowest BCUT2D eigenvalue weighted by atomic mass is 10.2. The summed E-state index contributed by atoms with van der Waals surface area (Å²) < 4.78 is 13.3. The highest BCUT2D eigenvalue weighted by molar-refractivity contribution is 5.44. The van der Waals surface area contributed by atoms with Crippen LogP contribution in [0.3, 0.4) is 0 Å². The molecule has 0 bridgehead atoms. The highest BCUT2D eigenvalue weighted by Gasteiger charge is 2.14. The van der Waals surface area contributed by atoms with Crippen LogP contribution in [0.25, 0.3) is 5.69 Å². The van der Waals surface area contributed by atoms with Gasteiger partial charge in [-0.25, -0.2) is 0 Å². The molecule has 0 aliphatic carbocycles. The van der Waals surface area contributed by atoms with Crippen LogP contribution in [0.4, 0.5) is 0 Å². The number of rotatable bonds is 11. The molecule has 0 amide bonds. The number of benzene rings is 2. The Morgan fingerprint density at radius 1 is 1.00 bits per heavy atom. The predicted octanol–water partition coefficient (Wildman–Crippen LogP) is 4.13. The number of hydrogen-bond acceptors (Lipinski definition) is 6. The molecule has 0 aliphatic rings. The standard InChI is InChI=1S/C21H27N5O2/c1-3-5-9-14-22-16-17-12-13-19(20(15-17)27-4-2)28-21-23-24-25-26(21)18-10-7-6-8-11-18/h6-8,10-13,15,22H,3-5,9,14,16H2,1-2H3. The van der Waals surface area contributed by atoms with E-state index in [2.05, 4.69) is 27.8 Å². The Labute approximate surface area is 165 Å². The monoisotopic (exact) mass is 381 g/mol. The summed E-state index contributed by atoms with van der Waals surface area (Å²) in [6.07, 6.45) is 3.67. The Kier molecular flexibility index (Phi) is 7.37. The lowest BCUT2D eigenvalue weighted by Crippen LogP contribution is -2.14. The molecule has 0 aliphatic heterocycles. The van der Waals surface area contributed by atoms with Gasteiger partial charge >= 0.3 is 6.01 Å². The van der Waals surface area contributed by atoms with E-state index in [-0.39, 0.29) is 6.01 Å². The zero-order valence-corrected chi connectivity index (χ0v) is 16.5. The first kappa shape index (κ1) is 19.8. The first-order valence-corrected chi connectivity index (χ1v) is 9.80. The molecule has 0 saturated heterocycles. The first-order valence-electron chi connectivity index (χ1n) is 9.80. The van der Waals surface area contributed by atoms with E-state index in [4.69, 9.17) is 9.47 Å². The van der Waals surface area contributed by atoms with Gasteiger partial charge in [0, 0.05) is 6.54 Å². The van der Waals surface area contributed by atoms with E-state index in [1.807, 2.05) is 55.5 Å². The lowest BCUT2D eigenvalue weighted by Gasteiger charge is -2.13. The Morgan fingerprint density at radius 2 is 1.86 bits per heavy atom. The van der Waals surface area contributed by atoms with Gasteiger partial charge in [0.2, 0.25) is 0 Å². The van der Waals surface area contributed by atoms with Crippen LogP contribution in [-0.2, 0) is 6.54 Å². The molecule has 1 aromatic heterocycles. The maximum atomic E-state index is 5.98. The van der Waals surface area contributed by atoms with Crippen LogP contribution in [0.2, 0.25) is 0 Å². The van der Waals surface area contributed by atoms with E-state index < -0.39 is 0 Å². The summed E-state index contributed by atoms with van der Waals surface area (Å²) >= 11 is 0. The van der Waals surface area contributed by atoms with Gasteiger partial charge in [0.25, 0.3) is 0 Å². The third-order valence-electron chi connectivity index (χ3n) is 4.24. The average molecular weight is 381 g/mol. The van der Waals surface area contributed by atoms with Crippen LogP contribution in [0, 0.1) is 0 Å². The average Bonchev–Trinajstić information content (AvgIpc) is 3.19. The molecule has 3 rings (SSSR count). The second-order valence-corrected chi connectivity index (χ2v) is 6.41. The molecule has 7 nitrogen and oxygen atoms in total. The number of tetrazole rings is 1. The Hall–Kier alpha value is -2.93. The molecule has 148 valence electrons. The number of ether oxygens (including phenoxy) is 2. The lowest BCUT2D eigenvalue weighted by molar-refractivity contribution is 0.315. The van der Waals surface area contributed by atoms with Crippen molar-refractivity contribution in [2.75, 3.05) is 13.2 Å². The molecule has 1 N–H and O–H groups in total. The second kappa shape index (κ2) is 10.4. The summed E-state index contributed by atoms with van der Waals surface area (Å²) in [5.74, 6) is 1.27. The molecule has 28 heavy (non-hydrogen) atoms. The summed E-state index contributed by atoms with van der Waals surface area (Å²) in [6.45, 7) is 6.52. The molecule has 7 heteroatoms. The first-order chi connectivity index (χ1) is 13.8. The van der Waals surface area contributed by atoms with Crippen molar-refractivity contribution in [3.8, 4) is 23.2 Å². The van der Waals surface area contributed by atoms with Crippen molar-refractivity contribution in [1.82, 2.24) is 25.5 Å². The normalized spacial score (nSPS) is 10.8. The zero-order chi connectivity index (χ0) is 19.6. The highest BCUT2D eigenvalue weighted by Crippen LogP contribution is 2.32. The quantitative estimate of drug-likeness (QED) is 0.503. The SMILES string of the molecule is CCCCCNCc1ccc(Oc2nnnn2-c2ccccc2)c(OCC)c1. The van der Waals surface area contributed by atoms with Crippen molar-refractivity contribution in [3.63, 3.8) is 0 Å². The van der Waals surface area contributed by atoms with E-state index in [0.717, 1.165) is 24.3 Å². The van der Waals surface area contributed by atoms with Crippen LogP contribution >= 0.6 is 0 Å². The second-order valence-electron chi connectivity index (χ2n) is 6.41. The fourth-order valence-corrected chi connectivity index (χ4v) is 2.82. The number of unbranched alkanes of at least 4 members (excludes halogenated alkanes) is 2. The van der Waals surface area contributed by atoms with Crippen molar-refractivity contribution >= 4 is 0 Å². The number of aromatic nitrogens is 4. The maximum absolute atomic E-state index is 5.98. The van der Waals surface area contributed by atoms with Crippen LogP contribution < -0.4 is 14.8 Å². The summed E-state index contributed by atoms with van der Waals surface area (Å²) in [5.41, 5.74) is 1.98. The van der Waals surface area contributed by atoms with Gasteiger partial charge in [0.1, 0.15) is 0 Å². The van der Waals surface area contributed by atoms with Crippen molar-refractivity contribution in [3.05, 3.63) is 54.1 Å². The highest BCUT2D eigenvalue weighted by atomic mass is 16.5. The third kappa shape index (κ3) is 5.29. The van der Waals surface area contributed by atoms with Gasteiger partial charge in [-0.1, -0.05) is 49.1 Å². The van der Waals surface area contributed by atoms with Crippen LogP contribution in [0.1, 0.15) is 38.7 Å². The molecule has 0 saturated carbocycles. The van der Waals surface area contributed by atoms with Crippen LogP contribution in [0.5, 0.6) is 17.5 Å². The van der Waals surface area contributed by atoms with Gasteiger partial charge in [0.05, 0.1) is 12.3 Å². The van der Waals surface area contributed by atoms with Gasteiger partial charge in [-0.15, -0.1) is 0 Å². The Bertz CT molecular complexity index is 851. The minimum atomic E-state index is 0.289. The fraction of sp³-hybridized carbons (Fsp3) is 0.381. The molecule has 0 unspecified atom stereocenters. The van der Waals surface area contributed by atoms with Crippen molar-refractivity contribution in [2.45, 2.75) is 39.7 Å². The molecule has 0 atom stereocenters. The summed E-state index contributed by atoms with van der Waals surface area (Å²) in [5, 5.41) is 15.2. The topological polar surface area (TPSA) is 74.1 Å². The molecule has 1 heterocycles. The molecular weight excluding hydrogens is 354 g/mol. The van der Waals surface area contributed by atoms with Gasteiger partial charge in [-0.3, -0.25) is 0 Å². The van der Waals surface area contributed by atoms with Crippen LogP contribution in [0.15, 0.2) is 48.5 Å². The molecule has 0 radical (unpaired) electrons. The van der Waals surface area contributed by atoms with E-state index in [1.54, 1.807) is 4.68 Å². The number of nitrogens with zero attached hydrogens (tertiary/aromatic N) is 4. The minimum Gasteiger partial charge on any atom is -0.490 e. The minimum absolute atomic E-state index is 0.289. The van der Waals surface area contributed by atoms with Crippen LogP contribution in [-0.4, -0.2) is 33.4 Å². The largest absolute Gasteiger partial charge is 0.490 e. The van der Waals surface area contributed by atoms with E-state index in [0.29, 0.717) is 18.1 Å². The van der Waals surface area contributed by atoms with Gasteiger partial charge in [-0.05, 0) is 60.1 Å². The number of para-hydroxylation sites is 1. The van der Waals surface area contributed by atoms with Crippen molar-refractivity contribution in [2.24, 2.45) is 0 Å². The van der Waals surface area contributed by atoms with Gasteiger partial charge in [0.15, 0.2) is 11.5 Å². The zero-order valence-electron chi connectivity index (χ0n) is 16.5. The third-order valence-corrected chi connectivity index (χ3v) is 4.24. The summed E-state index contributed by atoms with van der Waals surface area (Å²) in [6, 6.07) is 15.8. The number of hydrogen-bond donors (Lipinski definition) is 1. The fourth-order valence-electron chi connectivity index (χ4n) is 2.82. The summed E-state index contributed by atoms with van der Waals surface area (Å²) in [4.78, 5) is 0. The molecule has 3 aromatic rings. The van der Waals surface area contributed by atoms with E-state index in [1.165, 1.54) is 19.3 Å². The maximum Gasteiger partial charge on any atom is 0.346 e. The van der Waals surface area contributed by atoms with E-state index >= 15 is 0 Å². The van der Waals surface area contributed by atoms with E-state index in [9.17, 15) is 0 Å². The Morgan fingerprint density at radius 3 is 2.64 bits per heavy atom. The number of nitrogens with one attached hydrogen (secondary N) is 1. The molecular formula is C21H27N5O2. The smallest absolute Gasteiger partial charge is 0.346 e. The Balaban J connectivity index is 1.73. The van der Waals surface area contributed by atoms with Crippen molar-refractivity contribution in [1.29, 1.82) is 0 Å². The van der Waals surface area contributed by atoms with Gasteiger partial charge in [-0.2, -0.15) is 4.68 Å². The predicted molar refractivity (Wildman–Crippen MR) is 108 cm³/mol. The van der Waals surface area contributed by atoms with Crippen molar-refractivity contribution < 1.29 is 9.47 Å². The van der Waals surface area contributed by atoms with Gasteiger partial charge < -0.3 is 14.8 Å². The molecule has 0 fully saturated rings. The summed E-state index contributed by atoms with van der Waals surface area (Å²) in [7, 11) is 0. The molecule has 0 spiro atoms. The molecule has 2 aromatic carbocycles.